The van der Waals surface area contributed by atoms with E-state index in [-0.39, 0.29) is 9.14 Å². The molecule has 0 bridgehead atoms. The van der Waals surface area contributed by atoms with Gasteiger partial charge < -0.3 is 5.32 Å². The first-order chi connectivity index (χ1) is 11.4. The van der Waals surface area contributed by atoms with Crippen molar-refractivity contribution in [1.82, 2.24) is 4.98 Å². The number of anilines is 1. The van der Waals surface area contributed by atoms with Crippen molar-refractivity contribution in [3.63, 3.8) is 0 Å². The molecule has 1 aromatic heterocycles. The molecule has 1 aliphatic rings. The van der Waals surface area contributed by atoms with Crippen LogP contribution >= 0.6 is 43.2 Å². The van der Waals surface area contributed by atoms with Crippen LogP contribution in [0.5, 0.6) is 0 Å². The summed E-state index contributed by atoms with van der Waals surface area (Å²) in [6.45, 7) is 1.94. The monoisotopic (exact) mass is 464 g/mol. The minimum Gasteiger partial charge on any atom is -0.301 e. The van der Waals surface area contributed by atoms with Crippen LogP contribution < -0.4 is 5.32 Å². The van der Waals surface area contributed by atoms with Gasteiger partial charge in [-0.15, -0.1) is 11.3 Å². The molecule has 0 spiro atoms. The van der Waals surface area contributed by atoms with Crippen LogP contribution in [-0.2, 0) is 4.79 Å². The molecule has 6 heteroatoms. The minimum atomic E-state index is -0.446. The fraction of sp³-hybridized carbons (Fsp3) is 0.222. The molecule has 3 aromatic rings. The van der Waals surface area contributed by atoms with E-state index < -0.39 is 5.41 Å². The van der Waals surface area contributed by atoms with E-state index in [0.29, 0.717) is 5.13 Å². The minimum absolute atomic E-state index is 0.0185. The number of fused-ring (bicyclic) bond motifs is 1. The van der Waals surface area contributed by atoms with E-state index in [1.54, 1.807) is 0 Å². The number of carbonyl (C=O) groups excluding carboxylic acids is 1. The van der Waals surface area contributed by atoms with Gasteiger partial charge in [0.05, 0.1) is 14.3 Å². The summed E-state index contributed by atoms with van der Waals surface area (Å²) in [7, 11) is 0. The molecule has 0 saturated heterocycles. The Morgan fingerprint density at radius 2 is 1.92 bits per heavy atom. The number of hydrogen-bond acceptors (Lipinski definition) is 3. The summed E-state index contributed by atoms with van der Waals surface area (Å²) in [4.78, 5) is 17.1. The van der Waals surface area contributed by atoms with Crippen LogP contribution in [0, 0.1) is 5.41 Å². The zero-order valence-electron chi connectivity index (χ0n) is 12.8. The fourth-order valence-electron chi connectivity index (χ4n) is 2.78. The van der Waals surface area contributed by atoms with E-state index in [0.717, 1.165) is 23.1 Å². The number of carbonyl (C=O) groups is 1. The van der Waals surface area contributed by atoms with Gasteiger partial charge in [-0.05, 0) is 24.1 Å². The molecule has 24 heavy (non-hydrogen) atoms. The van der Waals surface area contributed by atoms with Crippen LogP contribution in [-0.4, -0.2) is 14.1 Å². The van der Waals surface area contributed by atoms with Crippen LogP contribution in [0.4, 0.5) is 5.13 Å². The van der Waals surface area contributed by atoms with E-state index in [9.17, 15) is 4.79 Å². The molecule has 0 aliphatic heterocycles. The highest BCUT2D eigenvalue weighted by Crippen LogP contribution is 2.66. The SMILES string of the molecule is C[C@@]1(C(=O)Nc2nc(-c3cccc4ccccc34)cs2)CC1(Br)Br. The van der Waals surface area contributed by atoms with Gasteiger partial charge in [0.15, 0.2) is 5.13 Å². The van der Waals surface area contributed by atoms with Crippen LogP contribution in [0.2, 0.25) is 0 Å². The van der Waals surface area contributed by atoms with Crippen molar-refractivity contribution in [3.05, 3.63) is 47.8 Å². The van der Waals surface area contributed by atoms with Crippen LogP contribution in [0.3, 0.4) is 0 Å². The van der Waals surface area contributed by atoms with E-state index in [1.807, 2.05) is 30.5 Å². The second-order valence-corrected chi connectivity index (χ2v) is 10.9. The van der Waals surface area contributed by atoms with E-state index in [1.165, 1.54) is 16.7 Å². The smallest absolute Gasteiger partial charge is 0.234 e. The van der Waals surface area contributed by atoms with Gasteiger partial charge in [-0.2, -0.15) is 0 Å². The highest BCUT2D eigenvalue weighted by Gasteiger charge is 2.66. The molecule has 3 nitrogen and oxygen atoms in total. The van der Waals surface area contributed by atoms with Gasteiger partial charge in [-0.25, -0.2) is 4.98 Å². The molecule has 1 fully saturated rings. The van der Waals surface area contributed by atoms with E-state index >= 15 is 0 Å². The first kappa shape index (κ1) is 16.2. The Balaban J connectivity index is 1.62. The standard InChI is InChI=1S/C18H14Br2N2OS/c1-17(10-18(17,19)20)15(23)22-16-21-14(9-24-16)13-8-4-6-11-5-2-3-7-12(11)13/h2-9H,10H2,1H3,(H,21,22,23)/t17-/m0/s1. The Morgan fingerprint density at radius 1 is 1.21 bits per heavy atom. The molecular weight excluding hydrogens is 452 g/mol. The molecule has 122 valence electrons. The van der Waals surface area contributed by atoms with Gasteiger partial charge in [-0.1, -0.05) is 74.3 Å². The fourth-order valence-corrected chi connectivity index (χ4v) is 4.97. The topological polar surface area (TPSA) is 42.0 Å². The van der Waals surface area contributed by atoms with Crippen molar-refractivity contribution >= 4 is 65.0 Å². The molecule has 1 saturated carbocycles. The number of rotatable bonds is 3. The third-order valence-corrected chi connectivity index (χ3v) is 7.62. The summed E-state index contributed by atoms with van der Waals surface area (Å²) < 4.78 is -0.299. The summed E-state index contributed by atoms with van der Waals surface area (Å²) in [6, 6.07) is 14.4. The van der Waals surface area contributed by atoms with Crippen molar-refractivity contribution in [3.8, 4) is 11.3 Å². The van der Waals surface area contributed by atoms with Crippen molar-refractivity contribution in [2.75, 3.05) is 5.32 Å². The van der Waals surface area contributed by atoms with Crippen LogP contribution in [0.1, 0.15) is 13.3 Å². The Kier molecular flexibility index (Phi) is 3.82. The number of alkyl halides is 2. The lowest BCUT2D eigenvalue weighted by molar-refractivity contribution is -0.120. The lowest BCUT2D eigenvalue weighted by Crippen LogP contribution is -2.25. The largest absolute Gasteiger partial charge is 0.301 e. The Labute approximate surface area is 160 Å². The molecule has 4 rings (SSSR count). The summed E-state index contributed by atoms with van der Waals surface area (Å²) >= 11 is 8.51. The molecule has 1 atom stereocenters. The first-order valence-electron chi connectivity index (χ1n) is 7.54. The molecular formula is C18H14Br2N2OS. The van der Waals surface area contributed by atoms with Crippen molar-refractivity contribution < 1.29 is 4.79 Å². The maximum absolute atomic E-state index is 12.5. The first-order valence-corrected chi connectivity index (χ1v) is 10.0. The number of halogens is 2. The Hall–Kier alpha value is -1.24. The van der Waals surface area contributed by atoms with Crippen LogP contribution in [0.25, 0.3) is 22.0 Å². The summed E-state index contributed by atoms with van der Waals surface area (Å²) in [6.07, 6.45) is 0.757. The summed E-state index contributed by atoms with van der Waals surface area (Å²) in [5, 5.41) is 7.91. The normalized spacial score (nSPS) is 21.6. The molecule has 1 heterocycles. The molecule has 0 radical (unpaired) electrons. The molecule has 0 unspecified atom stereocenters. The third-order valence-electron chi connectivity index (χ3n) is 4.55. The van der Waals surface area contributed by atoms with E-state index in [4.69, 9.17) is 0 Å². The van der Waals surface area contributed by atoms with Gasteiger partial charge in [0.25, 0.3) is 0 Å². The quantitative estimate of drug-likeness (QED) is 0.496. The number of thiazole rings is 1. The lowest BCUT2D eigenvalue weighted by atomic mass is 10.0. The number of hydrogen-bond donors (Lipinski definition) is 1. The van der Waals surface area contributed by atoms with Gasteiger partial charge in [-0.3, -0.25) is 4.79 Å². The zero-order chi connectivity index (χ0) is 16.9. The predicted octanol–water partition coefficient (Wildman–Crippen LogP) is 5.80. The average Bonchev–Trinajstić information content (AvgIpc) is 2.90. The number of benzene rings is 2. The maximum atomic E-state index is 12.5. The Bertz CT molecular complexity index is 948. The zero-order valence-corrected chi connectivity index (χ0v) is 16.8. The third kappa shape index (κ3) is 2.61. The van der Waals surface area contributed by atoms with Gasteiger partial charge >= 0.3 is 0 Å². The summed E-state index contributed by atoms with van der Waals surface area (Å²) in [5.74, 6) is -0.0185. The van der Waals surface area contributed by atoms with Gasteiger partial charge in [0.2, 0.25) is 5.91 Å². The lowest BCUT2D eigenvalue weighted by Gasteiger charge is -2.11. The predicted molar refractivity (Wildman–Crippen MR) is 107 cm³/mol. The number of amides is 1. The van der Waals surface area contributed by atoms with Gasteiger partial charge in [0, 0.05) is 10.9 Å². The highest BCUT2D eigenvalue weighted by molar-refractivity contribution is 9.25. The molecule has 1 aliphatic carbocycles. The van der Waals surface area contributed by atoms with Gasteiger partial charge in [0.1, 0.15) is 0 Å². The number of nitrogens with zero attached hydrogens (tertiary/aromatic N) is 1. The van der Waals surface area contributed by atoms with Crippen molar-refractivity contribution in [1.29, 1.82) is 0 Å². The Morgan fingerprint density at radius 3 is 2.67 bits per heavy atom. The average molecular weight is 466 g/mol. The molecule has 1 amide bonds. The molecule has 2 aromatic carbocycles. The molecule has 1 N–H and O–H groups in total. The second kappa shape index (κ2) is 5.64. The van der Waals surface area contributed by atoms with Crippen molar-refractivity contribution in [2.24, 2.45) is 5.41 Å². The maximum Gasteiger partial charge on any atom is 0.234 e. The number of nitrogens with one attached hydrogen (secondary N) is 1. The van der Waals surface area contributed by atoms with E-state index in [2.05, 4.69) is 66.4 Å². The van der Waals surface area contributed by atoms with Crippen LogP contribution in [0.15, 0.2) is 47.8 Å². The summed E-state index contributed by atoms with van der Waals surface area (Å²) in [5.41, 5.74) is 1.52. The highest BCUT2D eigenvalue weighted by atomic mass is 79.9. The van der Waals surface area contributed by atoms with Crippen molar-refractivity contribution in [2.45, 2.75) is 16.6 Å². The number of aromatic nitrogens is 1. The second-order valence-electron chi connectivity index (χ2n) is 6.23.